The lowest BCUT2D eigenvalue weighted by molar-refractivity contribution is 0.390. The molecule has 0 unspecified atom stereocenters. The molecule has 11 heteroatoms. The van der Waals surface area contributed by atoms with Crippen LogP contribution in [0.3, 0.4) is 0 Å². The lowest BCUT2D eigenvalue weighted by atomic mass is 10.1. The van der Waals surface area contributed by atoms with E-state index < -0.39 is 21.7 Å². The smallest absolute Gasteiger partial charge is 0.267 e. The Balaban J connectivity index is 1.56. The Bertz CT molecular complexity index is 1350. The number of sulfonamides is 1. The van der Waals surface area contributed by atoms with E-state index in [9.17, 15) is 17.2 Å². The topological polar surface area (TPSA) is 97.1 Å². The van der Waals surface area contributed by atoms with Crippen molar-refractivity contribution in [2.45, 2.75) is 18.7 Å². The van der Waals surface area contributed by atoms with Crippen LogP contribution < -0.4 is 10.0 Å². The number of hydrogen-bond acceptors (Lipinski definition) is 7. The maximum atomic E-state index is 13.8. The summed E-state index contributed by atoms with van der Waals surface area (Å²) in [6, 6.07) is 9.92. The molecule has 2 heterocycles. The summed E-state index contributed by atoms with van der Waals surface area (Å²) in [5, 5.41) is 8.64. The van der Waals surface area contributed by atoms with E-state index in [0.29, 0.717) is 22.1 Å². The number of aromatic nitrogens is 2. The van der Waals surface area contributed by atoms with Crippen LogP contribution in [0.1, 0.15) is 11.5 Å². The minimum atomic E-state index is -3.88. The number of hydrogen-bond donors (Lipinski definition) is 2. The second-order valence-electron chi connectivity index (χ2n) is 6.63. The minimum absolute atomic E-state index is 0.000581. The third-order valence-electron chi connectivity index (χ3n) is 4.32. The lowest BCUT2D eigenvalue weighted by Gasteiger charge is -2.08. The standard InChI is InChI=1S/C20H16F2N4O3S2/c1-11-19(12(2)29-25-11)31(27,28)26-15-5-3-4-13(8-15)18-10-30-20(24-18)23-17-7-6-14(21)9-16(17)22/h3-10,26H,1-2H3,(H,23,24). The van der Waals surface area contributed by atoms with Crippen molar-refractivity contribution >= 4 is 37.9 Å². The molecule has 0 fully saturated rings. The van der Waals surface area contributed by atoms with Gasteiger partial charge in [0.25, 0.3) is 10.0 Å². The molecule has 0 aliphatic heterocycles. The number of nitrogens with zero attached hydrogens (tertiary/aromatic N) is 2. The third-order valence-corrected chi connectivity index (χ3v) is 6.71. The number of nitrogens with one attached hydrogen (secondary N) is 2. The molecule has 0 saturated carbocycles. The van der Waals surface area contributed by atoms with Crippen molar-refractivity contribution in [1.82, 2.24) is 10.1 Å². The summed E-state index contributed by atoms with van der Waals surface area (Å²) in [6.07, 6.45) is 0. The Morgan fingerprint density at radius 3 is 2.61 bits per heavy atom. The minimum Gasteiger partial charge on any atom is -0.360 e. The monoisotopic (exact) mass is 462 g/mol. The quantitative estimate of drug-likeness (QED) is 0.407. The van der Waals surface area contributed by atoms with Gasteiger partial charge >= 0.3 is 0 Å². The molecule has 0 bridgehead atoms. The van der Waals surface area contributed by atoms with E-state index >= 15 is 0 Å². The first-order chi connectivity index (χ1) is 14.7. The second kappa shape index (κ2) is 8.08. The molecule has 2 N–H and O–H groups in total. The van der Waals surface area contributed by atoms with Gasteiger partial charge in [-0.15, -0.1) is 11.3 Å². The fourth-order valence-corrected chi connectivity index (χ4v) is 5.09. The molecule has 0 radical (unpaired) electrons. The van der Waals surface area contributed by atoms with Crippen LogP contribution in [0.25, 0.3) is 11.3 Å². The highest BCUT2D eigenvalue weighted by atomic mass is 32.2. The fraction of sp³-hybridized carbons (Fsp3) is 0.100. The van der Waals surface area contributed by atoms with Crippen molar-refractivity contribution in [3.8, 4) is 11.3 Å². The number of benzene rings is 2. The van der Waals surface area contributed by atoms with E-state index in [-0.39, 0.29) is 22.0 Å². The van der Waals surface area contributed by atoms with Gasteiger partial charge in [0.1, 0.15) is 17.3 Å². The van der Waals surface area contributed by atoms with Gasteiger partial charge in [0, 0.05) is 22.7 Å². The maximum absolute atomic E-state index is 13.8. The van der Waals surface area contributed by atoms with E-state index in [2.05, 4.69) is 20.2 Å². The zero-order valence-electron chi connectivity index (χ0n) is 16.3. The predicted octanol–water partition coefficient (Wildman–Crippen LogP) is 5.24. The Hall–Kier alpha value is -3.31. The van der Waals surface area contributed by atoms with Crippen LogP contribution in [0.15, 0.2) is 57.3 Å². The fourth-order valence-electron chi connectivity index (χ4n) is 2.98. The molecule has 0 spiro atoms. The van der Waals surface area contributed by atoms with E-state index in [1.165, 1.54) is 24.3 Å². The van der Waals surface area contributed by atoms with Gasteiger partial charge in [-0.25, -0.2) is 22.2 Å². The summed E-state index contributed by atoms with van der Waals surface area (Å²) >= 11 is 1.23. The first-order valence-electron chi connectivity index (χ1n) is 8.96. The van der Waals surface area contributed by atoms with Crippen LogP contribution in [0.2, 0.25) is 0 Å². The molecule has 0 atom stereocenters. The molecule has 0 saturated heterocycles. The van der Waals surface area contributed by atoms with Crippen molar-refractivity contribution in [3.05, 3.63) is 70.9 Å². The van der Waals surface area contributed by atoms with E-state index in [0.717, 1.165) is 12.1 Å². The van der Waals surface area contributed by atoms with Crippen molar-refractivity contribution in [3.63, 3.8) is 0 Å². The summed E-state index contributed by atoms with van der Waals surface area (Å²) in [7, 11) is -3.88. The number of aryl methyl sites for hydroxylation is 2. The highest BCUT2D eigenvalue weighted by Gasteiger charge is 2.24. The molecule has 31 heavy (non-hydrogen) atoms. The number of anilines is 3. The number of thiazole rings is 1. The predicted molar refractivity (Wildman–Crippen MR) is 114 cm³/mol. The van der Waals surface area contributed by atoms with Gasteiger partial charge in [-0.1, -0.05) is 17.3 Å². The van der Waals surface area contributed by atoms with Gasteiger partial charge in [0.15, 0.2) is 15.8 Å². The van der Waals surface area contributed by atoms with Crippen LogP contribution in [-0.2, 0) is 10.0 Å². The van der Waals surface area contributed by atoms with E-state index in [1.54, 1.807) is 36.6 Å². The molecular weight excluding hydrogens is 446 g/mol. The van der Waals surface area contributed by atoms with Crippen LogP contribution in [0.4, 0.5) is 25.3 Å². The zero-order valence-corrected chi connectivity index (χ0v) is 17.9. The van der Waals surface area contributed by atoms with Crippen LogP contribution in [0.5, 0.6) is 0 Å². The summed E-state index contributed by atoms with van der Waals surface area (Å²) in [4.78, 5) is 4.40. The highest BCUT2D eigenvalue weighted by Crippen LogP contribution is 2.30. The average molecular weight is 463 g/mol. The second-order valence-corrected chi connectivity index (χ2v) is 9.10. The van der Waals surface area contributed by atoms with Gasteiger partial charge in [-0.05, 0) is 38.1 Å². The highest BCUT2D eigenvalue weighted by molar-refractivity contribution is 7.92. The molecule has 7 nitrogen and oxygen atoms in total. The molecule has 2 aromatic carbocycles. The first kappa shape index (κ1) is 20.9. The molecule has 4 aromatic rings. The van der Waals surface area contributed by atoms with Crippen molar-refractivity contribution in [2.75, 3.05) is 10.0 Å². The lowest BCUT2D eigenvalue weighted by Crippen LogP contribution is -2.14. The largest absolute Gasteiger partial charge is 0.360 e. The maximum Gasteiger partial charge on any atom is 0.267 e. The summed E-state index contributed by atoms with van der Waals surface area (Å²) < 4.78 is 59.8. The van der Waals surface area contributed by atoms with Crippen LogP contribution >= 0.6 is 11.3 Å². The molecule has 0 aliphatic carbocycles. The number of rotatable bonds is 6. The molecule has 4 rings (SSSR count). The summed E-state index contributed by atoms with van der Waals surface area (Å²) in [6.45, 7) is 3.08. The average Bonchev–Trinajstić information content (AvgIpc) is 3.30. The Labute approximate surface area is 180 Å². The number of halogens is 2. The van der Waals surface area contributed by atoms with Crippen LogP contribution in [0, 0.1) is 25.5 Å². The van der Waals surface area contributed by atoms with Gasteiger partial charge in [0.05, 0.1) is 11.4 Å². The molecule has 0 amide bonds. The summed E-state index contributed by atoms with van der Waals surface area (Å²) in [5.74, 6) is -1.20. The molecule has 2 aromatic heterocycles. The Morgan fingerprint density at radius 2 is 1.90 bits per heavy atom. The van der Waals surface area contributed by atoms with Gasteiger partial charge in [-0.2, -0.15) is 0 Å². The first-order valence-corrected chi connectivity index (χ1v) is 11.3. The van der Waals surface area contributed by atoms with Crippen LogP contribution in [-0.4, -0.2) is 18.6 Å². The zero-order chi connectivity index (χ0) is 22.2. The molecule has 160 valence electrons. The van der Waals surface area contributed by atoms with Crippen molar-refractivity contribution in [1.29, 1.82) is 0 Å². The third kappa shape index (κ3) is 4.42. The van der Waals surface area contributed by atoms with E-state index in [4.69, 9.17) is 4.52 Å². The van der Waals surface area contributed by atoms with Gasteiger partial charge in [-0.3, -0.25) is 4.72 Å². The Kier molecular flexibility index (Phi) is 5.46. The van der Waals surface area contributed by atoms with Gasteiger partial charge in [0.2, 0.25) is 0 Å². The Morgan fingerprint density at radius 1 is 1.10 bits per heavy atom. The van der Waals surface area contributed by atoms with Crippen molar-refractivity contribution in [2.24, 2.45) is 0 Å². The normalized spacial score (nSPS) is 11.5. The van der Waals surface area contributed by atoms with Crippen molar-refractivity contribution < 1.29 is 21.7 Å². The SMILES string of the molecule is Cc1noc(C)c1S(=O)(=O)Nc1cccc(-c2csc(Nc3ccc(F)cc3F)n2)c1. The van der Waals surface area contributed by atoms with Gasteiger partial charge < -0.3 is 9.84 Å². The molecule has 0 aliphatic rings. The summed E-state index contributed by atoms with van der Waals surface area (Å²) in [5.41, 5.74) is 1.92. The van der Waals surface area contributed by atoms with E-state index in [1.807, 2.05) is 0 Å². The molecular formula is C20H16F2N4O3S2.